The number of nitrogens with zero attached hydrogens (tertiary/aromatic N) is 1. The van der Waals surface area contributed by atoms with Crippen molar-refractivity contribution in [1.82, 2.24) is 5.32 Å². The number of halogens is 4. The number of rotatable bonds is 6. The Morgan fingerprint density at radius 2 is 1.96 bits per heavy atom. The topological polar surface area (TPSA) is 66.5 Å². The molecule has 0 saturated carbocycles. The highest BCUT2D eigenvalue weighted by molar-refractivity contribution is 7.92. The summed E-state index contributed by atoms with van der Waals surface area (Å²) in [6.07, 6.45) is -3.29. The van der Waals surface area contributed by atoms with Gasteiger partial charge in [0.05, 0.1) is 22.5 Å². The summed E-state index contributed by atoms with van der Waals surface area (Å²) in [5.41, 5.74) is -1.45. The van der Waals surface area contributed by atoms with Crippen LogP contribution in [0.1, 0.15) is 18.9 Å². The highest BCUT2D eigenvalue weighted by atomic mass is 35.5. The van der Waals surface area contributed by atoms with Gasteiger partial charge in [-0.05, 0) is 24.6 Å². The van der Waals surface area contributed by atoms with E-state index in [1.165, 1.54) is 0 Å². The summed E-state index contributed by atoms with van der Waals surface area (Å²) in [5.74, 6) is -0.610. The van der Waals surface area contributed by atoms with E-state index in [1.807, 2.05) is 6.92 Å². The zero-order valence-electron chi connectivity index (χ0n) is 12.4. The van der Waals surface area contributed by atoms with Crippen LogP contribution in [0, 0.1) is 0 Å². The smallest absolute Gasteiger partial charge is 0.355 e. The fourth-order valence-corrected chi connectivity index (χ4v) is 2.81. The molecule has 0 atom stereocenters. The Hall–Kier alpha value is -1.48. The Balaban J connectivity index is 3.22. The molecule has 5 nitrogen and oxygen atoms in total. The summed E-state index contributed by atoms with van der Waals surface area (Å²) in [4.78, 5) is 11.7. The van der Waals surface area contributed by atoms with Crippen molar-refractivity contribution in [3.05, 3.63) is 28.8 Å². The molecule has 0 bridgehead atoms. The first-order valence-electron chi connectivity index (χ1n) is 6.58. The SMILES string of the molecule is CCCNC(=O)CN(c1ccc(Cl)c(C(F)(F)F)c1)S(C)(=O)=O. The van der Waals surface area contributed by atoms with E-state index in [-0.39, 0.29) is 5.69 Å². The third kappa shape index (κ3) is 5.58. The van der Waals surface area contributed by atoms with Crippen LogP contribution in [-0.2, 0) is 21.0 Å². The van der Waals surface area contributed by atoms with Crippen LogP contribution in [-0.4, -0.2) is 33.7 Å². The Morgan fingerprint density at radius 1 is 1.35 bits per heavy atom. The molecule has 0 fully saturated rings. The second kappa shape index (κ2) is 7.39. The highest BCUT2D eigenvalue weighted by Gasteiger charge is 2.34. The molecule has 0 heterocycles. The first-order valence-corrected chi connectivity index (χ1v) is 8.80. The molecule has 130 valence electrons. The first kappa shape index (κ1) is 19.6. The molecular weight excluding hydrogens is 357 g/mol. The lowest BCUT2D eigenvalue weighted by Crippen LogP contribution is -2.40. The molecule has 0 aliphatic carbocycles. The van der Waals surface area contributed by atoms with Crippen LogP contribution in [0.25, 0.3) is 0 Å². The van der Waals surface area contributed by atoms with Crippen LogP contribution in [0.4, 0.5) is 18.9 Å². The number of benzene rings is 1. The number of hydrogen-bond donors (Lipinski definition) is 1. The molecule has 0 aromatic heterocycles. The van der Waals surface area contributed by atoms with Gasteiger partial charge in [-0.2, -0.15) is 13.2 Å². The molecule has 0 aliphatic heterocycles. The summed E-state index contributed by atoms with van der Waals surface area (Å²) in [7, 11) is -3.95. The number of nitrogens with one attached hydrogen (secondary N) is 1. The largest absolute Gasteiger partial charge is 0.417 e. The molecule has 1 aromatic rings. The average Bonchev–Trinajstić information content (AvgIpc) is 2.41. The molecule has 10 heteroatoms. The monoisotopic (exact) mass is 372 g/mol. The number of amides is 1. The fourth-order valence-electron chi connectivity index (χ4n) is 1.74. The van der Waals surface area contributed by atoms with Crippen molar-refractivity contribution in [1.29, 1.82) is 0 Å². The van der Waals surface area contributed by atoms with Crippen molar-refractivity contribution in [2.75, 3.05) is 23.7 Å². The van der Waals surface area contributed by atoms with Crippen LogP contribution in [0.15, 0.2) is 18.2 Å². The average molecular weight is 373 g/mol. The van der Waals surface area contributed by atoms with Gasteiger partial charge in [0.15, 0.2) is 0 Å². The molecule has 1 aromatic carbocycles. The number of alkyl halides is 3. The minimum atomic E-state index is -4.74. The molecule has 0 radical (unpaired) electrons. The van der Waals surface area contributed by atoms with Crippen LogP contribution in [0.5, 0.6) is 0 Å². The maximum absolute atomic E-state index is 12.9. The second-order valence-corrected chi connectivity index (χ2v) is 7.10. The lowest BCUT2D eigenvalue weighted by molar-refractivity contribution is -0.137. The minimum absolute atomic E-state index is 0.282. The standard InChI is InChI=1S/C13H16ClF3N2O3S/c1-3-6-18-12(20)8-19(23(2,21)22)9-4-5-11(14)10(7-9)13(15,16)17/h4-5,7H,3,6,8H2,1-2H3,(H,18,20). The van der Waals surface area contributed by atoms with Crippen molar-refractivity contribution >= 4 is 33.2 Å². The highest BCUT2D eigenvalue weighted by Crippen LogP contribution is 2.37. The molecule has 23 heavy (non-hydrogen) atoms. The maximum atomic E-state index is 12.9. The van der Waals surface area contributed by atoms with Gasteiger partial charge in [-0.25, -0.2) is 8.42 Å². The molecule has 1 amide bonds. The number of carbonyl (C=O) groups excluding carboxylic acids is 1. The number of carbonyl (C=O) groups is 1. The Labute approximate surface area is 137 Å². The second-order valence-electron chi connectivity index (χ2n) is 4.78. The van der Waals surface area contributed by atoms with E-state index >= 15 is 0 Å². The van der Waals surface area contributed by atoms with Crippen LogP contribution >= 0.6 is 11.6 Å². The predicted molar refractivity (Wildman–Crippen MR) is 81.9 cm³/mol. The first-order chi connectivity index (χ1) is 10.5. The fraction of sp³-hybridized carbons (Fsp3) is 0.462. The van der Waals surface area contributed by atoms with Crippen molar-refractivity contribution in [3.8, 4) is 0 Å². The molecular formula is C13H16ClF3N2O3S. The summed E-state index contributed by atoms with van der Waals surface area (Å²) < 4.78 is 62.9. The van der Waals surface area contributed by atoms with Gasteiger partial charge >= 0.3 is 6.18 Å². The molecule has 1 rings (SSSR count). The predicted octanol–water partition coefficient (Wildman–Crippen LogP) is 2.65. The van der Waals surface area contributed by atoms with Crippen LogP contribution in [0.3, 0.4) is 0 Å². The molecule has 0 spiro atoms. The van der Waals surface area contributed by atoms with Crippen molar-refractivity contribution < 1.29 is 26.4 Å². The summed E-state index contributed by atoms with van der Waals surface area (Å²) in [6.45, 7) is 1.53. The number of hydrogen-bond acceptors (Lipinski definition) is 3. The van der Waals surface area contributed by atoms with Crippen molar-refractivity contribution in [3.63, 3.8) is 0 Å². The lowest BCUT2D eigenvalue weighted by atomic mass is 10.2. The lowest BCUT2D eigenvalue weighted by Gasteiger charge is -2.23. The van der Waals surface area contributed by atoms with Gasteiger partial charge in [-0.15, -0.1) is 0 Å². The molecule has 1 N–H and O–H groups in total. The van der Waals surface area contributed by atoms with Gasteiger partial charge in [-0.3, -0.25) is 9.10 Å². The zero-order chi connectivity index (χ0) is 17.8. The normalized spacial score (nSPS) is 12.1. The molecule has 0 aliphatic rings. The van der Waals surface area contributed by atoms with E-state index in [4.69, 9.17) is 11.6 Å². The van der Waals surface area contributed by atoms with Gasteiger partial charge < -0.3 is 5.32 Å². The minimum Gasteiger partial charge on any atom is -0.355 e. The van der Waals surface area contributed by atoms with Gasteiger partial charge in [0.2, 0.25) is 15.9 Å². The van der Waals surface area contributed by atoms with Crippen LogP contribution < -0.4 is 9.62 Å². The van der Waals surface area contributed by atoms with Crippen molar-refractivity contribution in [2.24, 2.45) is 0 Å². The Morgan fingerprint density at radius 3 is 2.43 bits per heavy atom. The Kier molecular flexibility index (Phi) is 6.29. The summed E-state index contributed by atoms with van der Waals surface area (Å²) in [5, 5.41) is 1.92. The quantitative estimate of drug-likeness (QED) is 0.834. The zero-order valence-corrected chi connectivity index (χ0v) is 14.0. The van der Waals surface area contributed by atoms with E-state index in [2.05, 4.69) is 5.32 Å². The van der Waals surface area contributed by atoms with Gasteiger partial charge in [0, 0.05) is 6.54 Å². The third-order valence-corrected chi connectivity index (χ3v) is 4.27. The third-order valence-electron chi connectivity index (χ3n) is 2.80. The van der Waals surface area contributed by atoms with Gasteiger partial charge in [0.1, 0.15) is 6.54 Å². The van der Waals surface area contributed by atoms with Gasteiger partial charge in [-0.1, -0.05) is 18.5 Å². The van der Waals surface area contributed by atoms with E-state index in [0.29, 0.717) is 23.3 Å². The van der Waals surface area contributed by atoms with Gasteiger partial charge in [0.25, 0.3) is 0 Å². The van der Waals surface area contributed by atoms with E-state index in [9.17, 15) is 26.4 Å². The van der Waals surface area contributed by atoms with Crippen LogP contribution in [0.2, 0.25) is 5.02 Å². The molecule has 0 unspecified atom stereocenters. The molecule has 0 saturated heterocycles. The summed E-state index contributed by atoms with van der Waals surface area (Å²) in [6, 6.07) is 2.67. The van der Waals surface area contributed by atoms with E-state index < -0.39 is 39.2 Å². The van der Waals surface area contributed by atoms with Crippen molar-refractivity contribution in [2.45, 2.75) is 19.5 Å². The maximum Gasteiger partial charge on any atom is 0.417 e. The summed E-state index contributed by atoms with van der Waals surface area (Å²) >= 11 is 5.51. The van der Waals surface area contributed by atoms with E-state index in [0.717, 1.165) is 18.4 Å². The number of anilines is 1. The van der Waals surface area contributed by atoms with E-state index in [1.54, 1.807) is 0 Å². The number of sulfonamides is 1. The Bertz CT molecular complexity index is 678.